The number of para-hydroxylation sites is 1. The number of hydrogen-bond donors (Lipinski definition) is 1. The van der Waals surface area contributed by atoms with Crippen LogP contribution in [0.15, 0.2) is 24.3 Å². The Morgan fingerprint density at radius 2 is 1.65 bits per heavy atom. The molecule has 0 bridgehead atoms. The Balaban J connectivity index is 1.76. The number of nitrogens with zero attached hydrogens (tertiary/aromatic N) is 3. The Bertz CT molecular complexity index is 610. The van der Waals surface area contributed by atoms with E-state index in [1.807, 2.05) is 45.2 Å². The van der Waals surface area contributed by atoms with Crippen LogP contribution in [0.3, 0.4) is 0 Å². The zero-order chi connectivity index (χ0) is 19.1. The summed E-state index contributed by atoms with van der Waals surface area (Å²) in [6.07, 6.45) is 0.897. The van der Waals surface area contributed by atoms with Crippen LogP contribution in [-0.4, -0.2) is 78.9 Å². The SMILES string of the molecule is CCc1ccccc1NC(=O)CN1CCN(CC(=O)N(C)C(C)C)CC1. The van der Waals surface area contributed by atoms with Crippen molar-refractivity contribution in [2.45, 2.75) is 33.2 Å². The summed E-state index contributed by atoms with van der Waals surface area (Å²) < 4.78 is 0. The number of piperazine rings is 1. The first-order valence-electron chi connectivity index (χ1n) is 9.48. The van der Waals surface area contributed by atoms with Crippen molar-refractivity contribution in [3.05, 3.63) is 29.8 Å². The van der Waals surface area contributed by atoms with Crippen molar-refractivity contribution in [2.75, 3.05) is 51.6 Å². The van der Waals surface area contributed by atoms with Crippen LogP contribution in [0, 0.1) is 0 Å². The smallest absolute Gasteiger partial charge is 0.238 e. The normalized spacial score (nSPS) is 15.9. The minimum atomic E-state index is 0.0231. The first-order chi connectivity index (χ1) is 12.4. The average molecular weight is 361 g/mol. The molecule has 0 saturated carbocycles. The maximum Gasteiger partial charge on any atom is 0.238 e. The molecule has 6 nitrogen and oxygen atoms in total. The van der Waals surface area contributed by atoms with Crippen molar-refractivity contribution in [3.8, 4) is 0 Å². The summed E-state index contributed by atoms with van der Waals surface area (Å²) >= 11 is 0. The zero-order valence-electron chi connectivity index (χ0n) is 16.5. The third-order valence-electron chi connectivity index (χ3n) is 5.03. The van der Waals surface area contributed by atoms with Crippen LogP contribution in [0.2, 0.25) is 0 Å². The van der Waals surface area contributed by atoms with E-state index < -0.39 is 0 Å². The number of carbonyl (C=O) groups excluding carboxylic acids is 2. The standard InChI is InChI=1S/C20H32N4O2/c1-5-17-8-6-7-9-18(17)21-19(25)14-23-10-12-24(13-11-23)15-20(26)22(4)16(2)3/h6-9,16H,5,10-15H2,1-4H3,(H,21,25). The minimum Gasteiger partial charge on any atom is -0.342 e. The van der Waals surface area contributed by atoms with E-state index in [2.05, 4.69) is 22.0 Å². The molecule has 2 rings (SSSR count). The van der Waals surface area contributed by atoms with Crippen LogP contribution in [0.5, 0.6) is 0 Å². The summed E-state index contributed by atoms with van der Waals surface area (Å²) in [5.41, 5.74) is 2.06. The van der Waals surface area contributed by atoms with Gasteiger partial charge in [0.1, 0.15) is 0 Å². The number of nitrogens with one attached hydrogen (secondary N) is 1. The van der Waals surface area contributed by atoms with Gasteiger partial charge in [-0.05, 0) is 31.9 Å². The van der Waals surface area contributed by atoms with Crippen molar-refractivity contribution in [1.29, 1.82) is 0 Å². The molecule has 26 heavy (non-hydrogen) atoms. The molecule has 144 valence electrons. The highest BCUT2D eigenvalue weighted by Crippen LogP contribution is 2.15. The van der Waals surface area contributed by atoms with E-state index in [0.29, 0.717) is 13.1 Å². The first kappa shape index (κ1) is 20.4. The Kier molecular flexibility index (Phi) is 7.60. The van der Waals surface area contributed by atoms with Gasteiger partial charge in [-0.25, -0.2) is 0 Å². The third-order valence-corrected chi connectivity index (χ3v) is 5.03. The second kappa shape index (κ2) is 9.69. The van der Waals surface area contributed by atoms with E-state index in [1.54, 1.807) is 4.90 Å². The summed E-state index contributed by atoms with van der Waals surface area (Å²) in [6.45, 7) is 10.2. The van der Waals surface area contributed by atoms with E-state index in [0.717, 1.165) is 43.9 Å². The van der Waals surface area contributed by atoms with Crippen molar-refractivity contribution in [1.82, 2.24) is 14.7 Å². The maximum atomic E-state index is 12.3. The first-order valence-corrected chi connectivity index (χ1v) is 9.48. The molecule has 1 N–H and O–H groups in total. The molecule has 1 fully saturated rings. The van der Waals surface area contributed by atoms with Gasteiger partial charge in [0.05, 0.1) is 13.1 Å². The Hall–Kier alpha value is -1.92. The number of likely N-dealkylation sites (N-methyl/N-ethyl adjacent to an activating group) is 1. The number of aryl methyl sites for hydroxylation is 1. The number of carbonyl (C=O) groups is 2. The highest BCUT2D eigenvalue weighted by Gasteiger charge is 2.22. The monoisotopic (exact) mass is 360 g/mol. The number of amides is 2. The van der Waals surface area contributed by atoms with Crippen LogP contribution < -0.4 is 5.32 Å². The summed E-state index contributed by atoms with van der Waals surface area (Å²) in [5, 5.41) is 3.02. The molecule has 0 aromatic heterocycles. The molecule has 0 radical (unpaired) electrons. The van der Waals surface area contributed by atoms with Gasteiger partial charge in [-0.15, -0.1) is 0 Å². The largest absolute Gasteiger partial charge is 0.342 e. The van der Waals surface area contributed by atoms with E-state index in [9.17, 15) is 9.59 Å². The van der Waals surface area contributed by atoms with Gasteiger partial charge in [-0.2, -0.15) is 0 Å². The average Bonchev–Trinajstić information content (AvgIpc) is 2.63. The lowest BCUT2D eigenvalue weighted by Crippen LogP contribution is -2.51. The fraction of sp³-hybridized carbons (Fsp3) is 0.600. The van der Waals surface area contributed by atoms with Gasteiger partial charge >= 0.3 is 0 Å². The fourth-order valence-electron chi connectivity index (χ4n) is 3.04. The van der Waals surface area contributed by atoms with Crippen molar-refractivity contribution in [3.63, 3.8) is 0 Å². The molecule has 1 aliphatic rings. The van der Waals surface area contributed by atoms with Crippen LogP contribution in [-0.2, 0) is 16.0 Å². The summed E-state index contributed by atoms with van der Waals surface area (Å²) in [4.78, 5) is 30.6. The predicted molar refractivity (Wildman–Crippen MR) is 105 cm³/mol. The predicted octanol–water partition coefficient (Wildman–Crippen LogP) is 1.67. The molecule has 0 atom stereocenters. The van der Waals surface area contributed by atoms with Gasteiger partial charge in [-0.3, -0.25) is 19.4 Å². The summed E-state index contributed by atoms with van der Waals surface area (Å²) in [6, 6.07) is 8.15. The lowest BCUT2D eigenvalue weighted by molar-refractivity contribution is -0.133. The van der Waals surface area contributed by atoms with E-state index in [4.69, 9.17) is 0 Å². The number of benzene rings is 1. The maximum absolute atomic E-state index is 12.3. The Morgan fingerprint density at radius 1 is 1.08 bits per heavy atom. The molecule has 1 heterocycles. The van der Waals surface area contributed by atoms with Gasteiger partial charge in [0.25, 0.3) is 0 Å². The van der Waals surface area contributed by atoms with Gasteiger partial charge in [-0.1, -0.05) is 25.1 Å². The second-order valence-corrected chi connectivity index (χ2v) is 7.21. The molecule has 0 spiro atoms. The second-order valence-electron chi connectivity index (χ2n) is 7.21. The Morgan fingerprint density at radius 3 is 2.23 bits per heavy atom. The van der Waals surface area contributed by atoms with Gasteiger partial charge in [0.2, 0.25) is 11.8 Å². The van der Waals surface area contributed by atoms with Gasteiger partial charge in [0.15, 0.2) is 0 Å². The molecule has 1 saturated heterocycles. The molecule has 1 aliphatic heterocycles. The molecule has 6 heteroatoms. The number of hydrogen-bond acceptors (Lipinski definition) is 4. The molecule has 0 aliphatic carbocycles. The highest BCUT2D eigenvalue weighted by atomic mass is 16.2. The topological polar surface area (TPSA) is 55.9 Å². The molecule has 1 aromatic rings. The summed E-state index contributed by atoms with van der Waals surface area (Å²) in [5.74, 6) is 0.178. The fourth-order valence-corrected chi connectivity index (χ4v) is 3.04. The van der Waals surface area contributed by atoms with Crippen LogP contribution >= 0.6 is 0 Å². The van der Waals surface area contributed by atoms with Crippen LogP contribution in [0.25, 0.3) is 0 Å². The van der Waals surface area contributed by atoms with Crippen molar-refractivity contribution < 1.29 is 9.59 Å². The summed E-state index contributed by atoms with van der Waals surface area (Å²) in [7, 11) is 1.85. The van der Waals surface area contributed by atoms with Crippen molar-refractivity contribution in [2.24, 2.45) is 0 Å². The lowest BCUT2D eigenvalue weighted by Gasteiger charge is -2.35. The van der Waals surface area contributed by atoms with Gasteiger partial charge in [0, 0.05) is 45.0 Å². The van der Waals surface area contributed by atoms with E-state index >= 15 is 0 Å². The van der Waals surface area contributed by atoms with Crippen LogP contribution in [0.1, 0.15) is 26.3 Å². The van der Waals surface area contributed by atoms with Gasteiger partial charge < -0.3 is 10.2 Å². The van der Waals surface area contributed by atoms with Crippen molar-refractivity contribution >= 4 is 17.5 Å². The molecule has 1 aromatic carbocycles. The third kappa shape index (κ3) is 5.81. The molecular weight excluding hydrogens is 328 g/mol. The number of anilines is 1. The Labute approximate surface area is 157 Å². The van der Waals surface area contributed by atoms with Crippen LogP contribution in [0.4, 0.5) is 5.69 Å². The zero-order valence-corrected chi connectivity index (χ0v) is 16.5. The minimum absolute atomic E-state index is 0.0231. The van der Waals surface area contributed by atoms with E-state index in [-0.39, 0.29) is 17.9 Å². The van der Waals surface area contributed by atoms with E-state index in [1.165, 1.54) is 0 Å². The highest BCUT2D eigenvalue weighted by molar-refractivity contribution is 5.93. The molecular formula is C20H32N4O2. The molecule has 2 amide bonds. The number of rotatable bonds is 7. The lowest BCUT2D eigenvalue weighted by atomic mass is 10.1. The quantitative estimate of drug-likeness (QED) is 0.804. The molecule has 0 unspecified atom stereocenters.